The van der Waals surface area contributed by atoms with Crippen LogP contribution in [0.15, 0.2) is 48.5 Å². The lowest BCUT2D eigenvalue weighted by molar-refractivity contribution is -0.139. The average Bonchev–Trinajstić information content (AvgIpc) is 3.37. The maximum Gasteiger partial charge on any atom is 0.316 e. The highest BCUT2D eigenvalue weighted by Gasteiger charge is 2.48. The number of hydrogen-bond acceptors (Lipinski definition) is 5. The average molecular weight is 461 g/mol. The fourth-order valence-corrected chi connectivity index (χ4v) is 5.31. The third kappa shape index (κ3) is 4.00. The van der Waals surface area contributed by atoms with E-state index in [4.69, 9.17) is 4.74 Å². The number of carbonyl (C=O) groups is 4. The van der Waals surface area contributed by atoms with Gasteiger partial charge in [-0.2, -0.15) is 0 Å². The van der Waals surface area contributed by atoms with Gasteiger partial charge < -0.3 is 9.64 Å². The van der Waals surface area contributed by atoms with Gasteiger partial charge in [0.25, 0.3) is 0 Å². The molecule has 2 aromatic carbocycles. The first-order valence-corrected chi connectivity index (χ1v) is 12.0. The largest absolute Gasteiger partial charge is 0.426 e. The molecule has 2 saturated heterocycles. The van der Waals surface area contributed by atoms with Crippen molar-refractivity contribution in [1.29, 1.82) is 0 Å². The molecule has 7 nitrogen and oxygen atoms in total. The van der Waals surface area contributed by atoms with Gasteiger partial charge >= 0.3 is 5.97 Å². The first kappa shape index (κ1) is 22.3. The van der Waals surface area contributed by atoms with Gasteiger partial charge in [-0.3, -0.25) is 24.1 Å². The molecule has 0 aromatic heterocycles. The Labute approximate surface area is 198 Å². The number of esters is 1. The fourth-order valence-electron chi connectivity index (χ4n) is 5.31. The lowest BCUT2D eigenvalue weighted by Crippen LogP contribution is -2.30. The number of amides is 3. The molecule has 7 heteroatoms. The van der Waals surface area contributed by atoms with E-state index >= 15 is 0 Å². The third-order valence-electron chi connectivity index (χ3n) is 7.27. The number of rotatable bonds is 5. The lowest BCUT2D eigenvalue weighted by atomic mass is 9.81. The second-order valence-electron chi connectivity index (χ2n) is 9.35. The predicted octanol–water partition coefficient (Wildman–Crippen LogP) is 3.89. The van der Waals surface area contributed by atoms with Crippen LogP contribution in [-0.2, 0) is 25.6 Å². The molecule has 0 spiro atoms. The predicted molar refractivity (Wildman–Crippen MR) is 126 cm³/mol. The number of benzene rings is 2. The monoisotopic (exact) mass is 460 g/mol. The summed E-state index contributed by atoms with van der Waals surface area (Å²) in [7, 11) is 0. The van der Waals surface area contributed by atoms with Gasteiger partial charge in [0.15, 0.2) is 0 Å². The summed E-state index contributed by atoms with van der Waals surface area (Å²) in [6.07, 6.45) is 4.51. The number of aryl methyl sites for hydroxylation is 1. The number of carbonyl (C=O) groups excluding carboxylic acids is 4. The van der Waals surface area contributed by atoms with Crippen molar-refractivity contribution in [3.8, 4) is 5.75 Å². The zero-order valence-corrected chi connectivity index (χ0v) is 19.2. The van der Waals surface area contributed by atoms with Crippen molar-refractivity contribution in [3.63, 3.8) is 0 Å². The van der Waals surface area contributed by atoms with Crippen LogP contribution in [0.2, 0.25) is 0 Å². The molecular formula is C27H28N2O5. The minimum absolute atomic E-state index is 0.103. The first-order valence-electron chi connectivity index (χ1n) is 12.0. The Morgan fingerprint density at radius 3 is 2.06 bits per heavy atom. The van der Waals surface area contributed by atoms with Gasteiger partial charge in [0, 0.05) is 18.7 Å². The molecule has 2 aliphatic heterocycles. The van der Waals surface area contributed by atoms with E-state index < -0.39 is 11.9 Å². The maximum atomic E-state index is 12.8. The van der Waals surface area contributed by atoms with E-state index in [-0.39, 0.29) is 42.5 Å². The molecule has 3 fully saturated rings. The molecule has 3 amide bonds. The van der Waals surface area contributed by atoms with Crippen LogP contribution in [0.25, 0.3) is 0 Å². The molecule has 1 aliphatic carbocycles. The first-order chi connectivity index (χ1) is 16.5. The summed E-state index contributed by atoms with van der Waals surface area (Å²) in [6.45, 7) is 2.35. The standard InChI is InChI=1S/C27H28N2O5/c1-2-17-7-9-19(10-8-17)28-16-18(15-24(28)30)27(33)34-21-13-11-20(12-14-21)29-25(31)22-5-3-4-6-23(22)26(29)32/h7-14,18,22-23H,2-6,15-16H2,1H3/t18-,22-,23-/m1/s1. The number of ether oxygens (including phenoxy) is 1. The van der Waals surface area contributed by atoms with Crippen molar-refractivity contribution in [3.05, 3.63) is 54.1 Å². The summed E-state index contributed by atoms with van der Waals surface area (Å²) < 4.78 is 5.53. The third-order valence-corrected chi connectivity index (χ3v) is 7.27. The Kier molecular flexibility index (Phi) is 5.94. The molecule has 0 N–H and O–H groups in total. The van der Waals surface area contributed by atoms with E-state index in [0.717, 1.165) is 37.8 Å². The highest BCUT2D eigenvalue weighted by Crippen LogP contribution is 2.40. The molecule has 2 aromatic rings. The van der Waals surface area contributed by atoms with Gasteiger partial charge in [0.2, 0.25) is 17.7 Å². The van der Waals surface area contributed by atoms with Crippen LogP contribution in [0.4, 0.5) is 11.4 Å². The van der Waals surface area contributed by atoms with E-state index in [2.05, 4.69) is 6.92 Å². The second kappa shape index (κ2) is 9.05. The highest BCUT2D eigenvalue weighted by molar-refractivity contribution is 6.22. The number of hydrogen-bond donors (Lipinski definition) is 0. The molecule has 2 heterocycles. The Morgan fingerprint density at radius 2 is 1.47 bits per heavy atom. The van der Waals surface area contributed by atoms with Crippen LogP contribution >= 0.6 is 0 Å². The van der Waals surface area contributed by atoms with E-state index in [1.807, 2.05) is 24.3 Å². The van der Waals surface area contributed by atoms with Crippen molar-refractivity contribution in [2.45, 2.75) is 45.4 Å². The molecular weight excluding hydrogens is 432 g/mol. The van der Waals surface area contributed by atoms with E-state index in [0.29, 0.717) is 11.4 Å². The number of nitrogens with zero attached hydrogens (tertiary/aromatic N) is 2. The minimum atomic E-state index is -0.553. The van der Waals surface area contributed by atoms with Crippen molar-refractivity contribution in [2.75, 3.05) is 16.3 Å². The minimum Gasteiger partial charge on any atom is -0.426 e. The number of imide groups is 1. The Balaban J connectivity index is 1.23. The number of anilines is 2. The lowest BCUT2D eigenvalue weighted by Gasteiger charge is -2.19. The summed E-state index contributed by atoms with van der Waals surface area (Å²) in [5, 5.41) is 0. The van der Waals surface area contributed by atoms with Crippen LogP contribution in [0.1, 0.15) is 44.6 Å². The van der Waals surface area contributed by atoms with Gasteiger partial charge in [-0.25, -0.2) is 0 Å². The maximum absolute atomic E-state index is 12.8. The summed E-state index contributed by atoms with van der Waals surface area (Å²) in [4.78, 5) is 53.7. The van der Waals surface area contributed by atoms with Crippen molar-refractivity contribution in [1.82, 2.24) is 0 Å². The topological polar surface area (TPSA) is 84.0 Å². The van der Waals surface area contributed by atoms with E-state index in [1.165, 1.54) is 10.5 Å². The van der Waals surface area contributed by atoms with Crippen LogP contribution in [0.5, 0.6) is 5.75 Å². The van der Waals surface area contributed by atoms with Gasteiger partial charge in [0.05, 0.1) is 23.4 Å². The fraction of sp³-hybridized carbons (Fsp3) is 0.407. The molecule has 5 rings (SSSR count). The molecule has 0 radical (unpaired) electrons. The zero-order chi connectivity index (χ0) is 23.8. The van der Waals surface area contributed by atoms with Crippen LogP contribution in [-0.4, -0.2) is 30.2 Å². The van der Waals surface area contributed by atoms with Gasteiger partial charge in [-0.1, -0.05) is 31.9 Å². The molecule has 34 heavy (non-hydrogen) atoms. The van der Waals surface area contributed by atoms with Gasteiger partial charge in [-0.05, 0) is 61.2 Å². The second-order valence-corrected chi connectivity index (χ2v) is 9.35. The van der Waals surface area contributed by atoms with Crippen molar-refractivity contribution in [2.24, 2.45) is 17.8 Å². The van der Waals surface area contributed by atoms with E-state index in [9.17, 15) is 19.2 Å². The molecule has 176 valence electrons. The summed E-state index contributed by atoms with van der Waals surface area (Å²) in [6, 6.07) is 14.2. The molecule has 0 bridgehead atoms. The van der Waals surface area contributed by atoms with Gasteiger partial charge in [-0.15, -0.1) is 0 Å². The van der Waals surface area contributed by atoms with E-state index in [1.54, 1.807) is 29.2 Å². The Bertz CT molecular complexity index is 1100. The smallest absolute Gasteiger partial charge is 0.316 e. The summed E-state index contributed by atoms with van der Waals surface area (Å²) in [5.74, 6) is -1.47. The summed E-state index contributed by atoms with van der Waals surface area (Å²) >= 11 is 0. The summed E-state index contributed by atoms with van der Waals surface area (Å²) in [5.41, 5.74) is 2.47. The highest BCUT2D eigenvalue weighted by atomic mass is 16.5. The van der Waals surface area contributed by atoms with Crippen LogP contribution in [0, 0.1) is 17.8 Å². The zero-order valence-electron chi connectivity index (χ0n) is 19.2. The Hall–Kier alpha value is -3.48. The molecule has 0 unspecified atom stereocenters. The Morgan fingerprint density at radius 1 is 0.882 bits per heavy atom. The van der Waals surface area contributed by atoms with Crippen molar-refractivity contribution >= 4 is 35.1 Å². The van der Waals surface area contributed by atoms with Crippen molar-refractivity contribution < 1.29 is 23.9 Å². The molecule has 3 aliphatic rings. The van der Waals surface area contributed by atoms with Gasteiger partial charge in [0.1, 0.15) is 5.75 Å². The molecule has 1 saturated carbocycles. The van der Waals surface area contributed by atoms with Crippen LogP contribution < -0.4 is 14.5 Å². The number of fused-ring (bicyclic) bond motifs is 1. The van der Waals surface area contributed by atoms with Crippen LogP contribution in [0.3, 0.4) is 0 Å². The normalized spacial score (nSPS) is 24.5. The molecule has 3 atom stereocenters. The SMILES string of the molecule is CCc1ccc(N2C[C@H](C(=O)Oc3ccc(N4C(=O)[C@@H]5CCCC[C@H]5C4=O)cc3)CC2=O)cc1. The quantitative estimate of drug-likeness (QED) is 0.384.